The molecule has 0 aliphatic heterocycles. The van der Waals surface area contributed by atoms with Crippen LogP contribution in [-0.2, 0) is 5.41 Å². The first-order valence-electron chi connectivity index (χ1n) is 20.1. The third-order valence-corrected chi connectivity index (χ3v) is 13.0. The molecule has 1 aromatic heterocycles. The predicted molar refractivity (Wildman–Crippen MR) is 241 cm³/mol. The molecule has 0 N–H and O–H groups in total. The van der Waals surface area contributed by atoms with Gasteiger partial charge in [-0.25, -0.2) is 4.98 Å². The van der Waals surface area contributed by atoms with Gasteiger partial charge in [0.15, 0.2) is 0 Å². The van der Waals surface area contributed by atoms with Crippen LogP contribution in [-0.4, -0.2) is 9.55 Å². The van der Waals surface area contributed by atoms with Gasteiger partial charge in [-0.15, -0.1) is 0 Å². The first kappa shape index (κ1) is 31.6. The van der Waals surface area contributed by atoms with Gasteiger partial charge in [0.05, 0.1) is 16.4 Å². The molecule has 2 nitrogen and oxygen atoms in total. The maximum Gasteiger partial charge on any atom is 0.145 e. The monoisotopic (exact) mass is 734 g/mol. The van der Waals surface area contributed by atoms with Gasteiger partial charge >= 0.3 is 0 Å². The fourth-order valence-corrected chi connectivity index (χ4v) is 10.7. The van der Waals surface area contributed by atoms with Crippen molar-refractivity contribution in [2.75, 3.05) is 0 Å². The summed E-state index contributed by atoms with van der Waals surface area (Å²) < 4.78 is 2.27. The second-order valence-corrected chi connectivity index (χ2v) is 15.8. The van der Waals surface area contributed by atoms with E-state index in [1.807, 2.05) is 0 Å². The van der Waals surface area contributed by atoms with E-state index in [1.165, 1.54) is 88.0 Å². The van der Waals surface area contributed by atoms with Crippen molar-refractivity contribution in [1.82, 2.24) is 9.55 Å². The number of aromatic nitrogens is 2. The third kappa shape index (κ3) is 4.08. The highest BCUT2D eigenvalue weighted by Crippen LogP contribution is 2.64. The van der Waals surface area contributed by atoms with Gasteiger partial charge in [-0.05, 0) is 124 Å². The minimum absolute atomic E-state index is 0.463. The van der Waals surface area contributed by atoms with E-state index < -0.39 is 5.41 Å². The molecule has 0 bridgehead atoms. The van der Waals surface area contributed by atoms with Crippen LogP contribution in [0.15, 0.2) is 206 Å². The first-order chi connectivity index (χ1) is 28.8. The van der Waals surface area contributed by atoms with Gasteiger partial charge in [-0.3, -0.25) is 4.57 Å². The summed E-state index contributed by atoms with van der Waals surface area (Å²) in [5.41, 5.74) is 16.9. The smallest absolute Gasteiger partial charge is 0.145 e. The first-order valence-corrected chi connectivity index (χ1v) is 20.1. The molecule has 2 aliphatic rings. The van der Waals surface area contributed by atoms with E-state index in [-0.39, 0.29) is 0 Å². The van der Waals surface area contributed by atoms with Crippen LogP contribution < -0.4 is 0 Å². The number of hydrogen-bond donors (Lipinski definition) is 0. The van der Waals surface area contributed by atoms with Crippen molar-refractivity contribution >= 4 is 43.4 Å². The third-order valence-electron chi connectivity index (χ3n) is 13.0. The van der Waals surface area contributed by atoms with E-state index >= 15 is 0 Å². The molecule has 10 aromatic carbocycles. The minimum Gasteiger partial charge on any atom is -0.292 e. The average Bonchev–Trinajstić information content (AvgIpc) is 3.93. The van der Waals surface area contributed by atoms with Gasteiger partial charge in [0.25, 0.3) is 0 Å². The summed E-state index contributed by atoms with van der Waals surface area (Å²) in [5, 5.41) is 7.81. The quantitative estimate of drug-likeness (QED) is 0.165. The zero-order valence-electron chi connectivity index (χ0n) is 31.5. The molecule has 1 spiro atoms. The molecule has 2 heteroatoms. The number of para-hydroxylation sites is 3. The van der Waals surface area contributed by atoms with Crippen molar-refractivity contribution in [3.8, 4) is 50.5 Å². The standard InChI is InChI=1S/C56H34N2/c1-2-15-37(16-3-1)58-53-28-13-12-27-52(53)57-55(58)36-31-29-35(30-32-36)38-23-14-26-50-54(38)44-22-9-11-25-49(44)56(50)48-24-10-8-21-43(48)47-33-45-41-19-6-4-17-39(41)40-18-5-7-20-42(40)46(45)34-51(47)56/h1-34H. The Labute approximate surface area is 335 Å². The Kier molecular flexibility index (Phi) is 6.40. The Hall–Kier alpha value is -7.55. The van der Waals surface area contributed by atoms with Crippen LogP contribution in [0.2, 0.25) is 0 Å². The van der Waals surface area contributed by atoms with Crippen molar-refractivity contribution in [3.63, 3.8) is 0 Å². The summed E-state index contributed by atoms with van der Waals surface area (Å²) in [4.78, 5) is 5.16. The van der Waals surface area contributed by atoms with E-state index in [9.17, 15) is 0 Å². The zero-order valence-corrected chi connectivity index (χ0v) is 31.5. The molecule has 0 radical (unpaired) electrons. The summed E-state index contributed by atoms with van der Waals surface area (Å²) in [6.07, 6.45) is 0. The van der Waals surface area contributed by atoms with Crippen molar-refractivity contribution in [2.24, 2.45) is 0 Å². The Morgan fingerprint density at radius 3 is 1.62 bits per heavy atom. The normalized spacial score (nSPS) is 15.0. The molecule has 58 heavy (non-hydrogen) atoms. The minimum atomic E-state index is -0.463. The molecule has 11 aromatic rings. The lowest BCUT2D eigenvalue weighted by molar-refractivity contribution is 0.795. The van der Waals surface area contributed by atoms with Gasteiger partial charge in [-0.2, -0.15) is 0 Å². The lowest BCUT2D eigenvalue weighted by Gasteiger charge is -2.31. The predicted octanol–water partition coefficient (Wildman–Crippen LogP) is 14.2. The van der Waals surface area contributed by atoms with Gasteiger partial charge in [-0.1, -0.05) is 170 Å². The molecule has 1 unspecified atom stereocenters. The number of rotatable bonds is 3. The average molecular weight is 735 g/mol. The zero-order chi connectivity index (χ0) is 38.0. The highest BCUT2D eigenvalue weighted by Gasteiger charge is 2.52. The number of imidazole rings is 1. The molecule has 1 atom stereocenters. The molecular formula is C56H34N2. The van der Waals surface area contributed by atoms with Crippen molar-refractivity contribution < 1.29 is 0 Å². The maximum atomic E-state index is 5.16. The Morgan fingerprint density at radius 1 is 0.345 bits per heavy atom. The summed E-state index contributed by atoms with van der Waals surface area (Å²) in [5.74, 6) is 0.938. The number of nitrogens with zero attached hydrogens (tertiary/aromatic N) is 2. The van der Waals surface area contributed by atoms with Crippen LogP contribution in [0.4, 0.5) is 0 Å². The highest BCUT2D eigenvalue weighted by molar-refractivity contribution is 6.26. The summed E-state index contributed by atoms with van der Waals surface area (Å²) in [6, 6.07) is 76.2. The van der Waals surface area contributed by atoms with Crippen LogP contribution in [0.25, 0.3) is 93.8 Å². The van der Waals surface area contributed by atoms with Crippen molar-refractivity contribution in [1.29, 1.82) is 0 Å². The fraction of sp³-hybridized carbons (Fsp3) is 0.0179. The van der Waals surface area contributed by atoms with Crippen LogP contribution in [0.5, 0.6) is 0 Å². The Bertz CT molecular complexity index is 3500. The Morgan fingerprint density at radius 2 is 0.879 bits per heavy atom. The van der Waals surface area contributed by atoms with Crippen LogP contribution in [0.1, 0.15) is 22.3 Å². The second-order valence-electron chi connectivity index (χ2n) is 15.8. The van der Waals surface area contributed by atoms with Crippen LogP contribution in [0.3, 0.4) is 0 Å². The lowest BCUT2D eigenvalue weighted by Crippen LogP contribution is -2.25. The molecule has 0 saturated heterocycles. The molecular weight excluding hydrogens is 701 g/mol. The number of fused-ring (bicyclic) bond motifs is 17. The molecule has 13 rings (SSSR count). The molecule has 0 amide bonds. The van der Waals surface area contributed by atoms with Crippen LogP contribution >= 0.6 is 0 Å². The second kappa shape index (κ2) is 11.7. The molecule has 0 fully saturated rings. The molecule has 268 valence electrons. The lowest BCUT2D eigenvalue weighted by atomic mass is 9.70. The SMILES string of the molecule is c1ccc(-n2c(-c3ccc(-c4cccc5c4-c4ccccc4C54c5ccccc5-c5cc6c7ccccc7c7ccccc7c6cc54)cc3)nc3ccccc32)cc1. The van der Waals surface area contributed by atoms with E-state index in [0.717, 1.165) is 28.1 Å². The van der Waals surface area contributed by atoms with E-state index in [2.05, 4.69) is 211 Å². The van der Waals surface area contributed by atoms with Gasteiger partial charge < -0.3 is 0 Å². The fourth-order valence-electron chi connectivity index (χ4n) is 10.7. The molecule has 0 saturated carbocycles. The Balaban J connectivity index is 1.05. The number of hydrogen-bond acceptors (Lipinski definition) is 1. The molecule has 2 aliphatic carbocycles. The van der Waals surface area contributed by atoms with Crippen molar-refractivity contribution in [2.45, 2.75) is 5.41 Å². The van der Waals surface area contributed by atoms with Gasteiger partial charge in [0, 0.05) is 11.3 Å². The largest absolute Gasteiger partial charge is 0.292 e. The van der Waals surface area contributed by atoms with Gasteiger partial charge in [0.2, 0.25) is 0 Å². The highest BCUT2D eigenvalue weighted by atomic mass is 15.1. The number of benzene rings is 10. The summed E-state index contributed by atoms with van der Waals surface area (Å²) in [6.45, 7) is 0. The van der Waals surface area contributed by atoms with Gasteiger partial charge in [0.1, 0.15) is 5.82 Å². The topological polar surface area (TPSA) is 17.8 Å². The van der Waals surface area contributed by atoms with Crippen LogP contribution in [0, 0.1) is 0 Å². The summed E-state index contributed by atoms with van der Waals surface area (Å²) >= 11 is 0. The van der Waals surface area contributed by atoms with Crippen molar-refractivity contribution in [3.05, 3.63) is 229 Å². The maximum absolute atomic E-state index is 5.16. The van der Waals surface area contributed by atoms with E-state index in [0.29, 0.717) is 0 Å². The van der Waals surface area contributed by atoms with E-state index in [4.69, 9.17) is 4.98 Å². The van der Waals surface area contributed by atoms with E-state index in [1.54, 1.807) is 0 Å². The summed E-state index contributed by atoms with van der Waals surface area (Å²) in [7, 11) is 0. The molecule has 1 heterocycles.